The van der Waals surface area contributed by atoms with E-state index >= 15 is 0 Å². The lowest BCUT2D eigenvalue weighted by molar-refractivity contribution is -0.361. The summed E-state index contributed by atoms with van der Waals surface area (Å²) >= 11 is 0. The van der Waals surface area contributed by atoms with Crippen molar-refractivity contribution < 1.29 is 25.2 Å². The first-order chi connectivity index (χ1) is 15.0. The Bertz CT molecular complexity index is 1050. The van der Waals surface area contributed by atoms with E-state index in [0.717, 1.165) is 11.1 Å². The van der Waals surface area contributed by atoms with Crippen LogP contribution in [-0.4, -0.2) is 35.4 Å². The molecule has 0 fully saturated rings. The molecule has 0 aliphatic carbocycles. The average Bonchev–Trinajstić information content (AvgIpc) is 2.79. The van der Waals surface area contributed by atoms with Crippen LogP contribution in [-0.2, 0) is 0 Å². The van der Waals surface area contributed by atoms with Crippen molar-refractivity contribution in [3.05, 3.63) is 94.2 Å². The highest BCUT2D eigenvalue weighted by Crippen LogP contribution is 2.27. The Kier molecular flexibility index (Phi) is 8.82. The number of aromatic hydroxyl groups is 2. The van der Waals surface area contributed by atoms with Gasteiger partial charge in [-0.25, -0.2) is 5.16 Å². The van der Waals surface area contributed by atoms with Crippen LogP contribution in [0.1, 0.15) is 28.5 Å². The van der Waals surface area contributed by atoms with Gasteiger partial charge in [0.05, 0.1) is 7.11 Å². The van der Waals surface area contributed by atoms with Crippen LogP contribution in [0.15, 0.2) is 71.7 Å². The van der Waals surface area contributed by atoms with Gasteiger partial charge >= 0.3 is 0 Å². The first-order valence-electron chi connectivity index (χ1n) is 9.27. The molecule has 0 aliphatic heterocycles. The van der Waals surface area contributed by atoms with Crippen LogP contribution in [0.2, 0.25) is 0 Å². The van der Waals surface area contributed by atoms with E-state index in [0.29, 0.717) is 16.9 Å². The van der Waals surface area contributed by atoms with Gasteiger partial charge < -0.3 is 25.3 Å². The first kappa shape index (κ1) is 23.2. The molecule has 0 saturated heterocycles. The number of benzene rings is 3. The van der Waals surface area contributed by atoms with Crippen LogP contribution in [0, 0.1) is 5.21 Å². The van der Waals surface area contributed by atoms with Crippen molar-refractivity contribution in [1.29, 1.82) is 0 Å². The third kappa shape index (κ3) is 7.02. The van der Waals surface area contributed by atoms with Gasteiger partial charge in [-0.3, -0.25) is 4.99 Å². The SMILES string of the molecule is C=[NH+][O-].COc1cc(C=Cc2ccc(O)c(C=NC(O)c3ccccc3)c2)ccc1O. The molecule has 0 heterocycles. The number of ether oxygens (including phenoxy) is 1. The number of aliphatic imine (C=N–C) groups is 1. The molecule has 0 amide bonds. The maximum Gasteiger partial charge on any atom is 0.171 e. The summed E-state index contributed by atoms with van der Waals surface area (Å²) in [5, 5.41) is 39.7. The summed E-state index contributed by atoms with van der Waals surface area (Å²) in [6.07, 6.45) is 4.20. The van der Waals surface area contributed by atoms with Gasteiger partial charge in [0.2, 0.25) is 0 Å². The van der Waals surface area contributed by atoms with Crippen molar-refractivity contribution in [1.82, 2.24) is 0 Å². The second-order valence-electron chi connectivity index (χ2n) is 6.29. The Labute approximate surface area is 180 Å². The fraction of sp³-hybridized carbons (Fsp3) is 0.0833. The van der Waals surface area contributed by atoms with Crippen LogP contribution in [0.3, 0.4) is 0 Å². The van der Waals surface area contributed by atoms with Crippen LogP contribution in [0.25, 0.3) is 12.2 Å². The number of phenols is 2. The lowest BCUT2D eigenvalue weighted by Gasteiger charge is -2.06. The molecule has 1 atom stereocenters. The molecule has 0 saturated carbocycles. The zero-order chi connectivity index (χ0) is 22.6. The smallest absolute Gasteiger partial charge is 0.171 e. The van der Waals surface area contributed by atoms with Gasteiger partial charge in [-0.1, -0.05) is 54.6 Å². The Hall–Kier alpha value is -4.10. The fourth-order valence-electron chi connectivity index (χ4n) is 2.63. The Morgan fingerprint density at radius 2 is 1.55 bits per heavy atom. The topological polar surface area (TPSA) is 119 Å². The zero-order valence-corrected chi connectivity index (χ0v) is 17.0. The van der Waals surface area contributed by atoms with Crippen LogP contribution in [0.4, 0.5) is 0 Å². The molecular formula is C24H24N2O5. The second kappa shape index (κ2) is 11.8. The molecule has 3 aromatic carbocycles. The molecule has 160 valence electrons. The molecule has 0 bridgehead atoms. The summed E-state index contributed by atoms with van der Waals surface area (Å²) in [5.74, 6) is 0.558. The number of rotatable bonds is 6. The average molecular weight is 420 g/mol. The summed E-state index contributed by atoms with van der Waals surface area (Å²) in [6, 6.07) is 19.3. The molecule has 0 radical (unpaired) electrons. The minimum absolute atomic E-state index is 0.0764. The largest absolute Gasteiger partial charge is 0.626 e. The lowest BCUT2D eigenvalue weighted by Crippen LogP contribution is -2.56. The van der Waals surface area contributed by atoms with Crippen molar-refractivity contribution in [2.45, 2.75) is 6.23 Å². The number of phenolic OH excluding ortho intramolecular Hbond substituents is 2. The molecule has 7 heteroatoms. The molecule has 7 nitrogen and oxygen atoms in total. The third-order valence-corrected chi connectivity index (χ3v) is 4.18. The number of aliphatic hydroxyl groups excluding tert-OH is 1. The van der Waals surface area contributed by atoms with E-state index < -0.39 is 6.23 Å². The van der Waals surface area contributed by atoms with E-state index in [1.165, 1.54) is 18.5 Å². The minimum Gasteiger partial charge on any atom is -0.626 e. The van der Waals surface area contributed by atoms with Gasteiger partial charge in [-0.2, -0.15) is 0 Å². The van der Waals surface area contributed by atoms with Crippen LogP contribution < -0.4 is 9.89 Å². The molecule has 0 spiro atoms. The summed E-state index contributed by atoms with van der Waals surface area (Å²) in [5.41, 5.74) is 2.88. The number of methoxy groups -OCH3 is 1. The van der Waals surface area contributed by atoms with Crippen LogP contribution >= 0.6 is 0 Å². The van der Waals surface area contributed by atoms with Crippen molar-refractivity contribution in [3.63, 3.8) is 0 Å². The highest BCUT2D eigenvalue weighted by atomic mass is 16.5. The Balaban J connectivity index is 0.00000107. The number of nitrogens with one attached hydrogen (secondary N) is 1. The molecule has 1 unspecified atom stereocenters. The second-order valence-corrected chi connectivity index (χ2v) is 6.29. The van der Waals surface area contributed by atoms with Crippen LogP contribution in [0.5, 0.6) is 17.2 Å². The standard InChI is InChI=1S/C23H21NO4.CH3NO/c1-28-22-14-17(10-12-21(22)26)8-7-16-9-11-20(25)19(13-16)15-24-23(27)18-5-3-2-4-6-18;1-2-3/h2-15,23,25-27H,1H3;2H,1H2. The van der Waals surface area contributed by atoms with E-state index in [4.69, 9.17) is 9.94 Å². The molecule has 0 aliphatic rings. The predicted octanol–water partition coefficient (Wildman–Crippen LogP) is 2.65. The van der Waals surface area contributed by atoms with Crippen molar-refractivity contribution in [2.75, 3.05) is 7.11 Å². The highest BCUT2D eigenvalue weighted by Gasteiger charge is 2.05. The first-order valence-corrected chi connectivity index (χ1v) is 9.27. The van der Waals surface area contributed by atoms with Gasteiger partial charge in [0.15, 0.2) is 17.7 Å². The van der Waals surface area contributed by atoms with Gasteiger partial charge in [-0.15, -0.1) is 0 Å². The summed E-state index contributed by atoms with van der Waals surface area (Å²) in [4.78, 5) is 4.12. The van der Waals surface area contributed by atoms with E-state index in [1.807, 2.05) is 30.4 Å². The van der Waals surface area contributed by atoms with Crippen molar-refractivity contribution >= 4 is 25.1 Å². The lowest BCUT2D eigenvalue weighted by atomic mass is 10.1. The number of hydrogen-bond acceptors (Lipinski definition) is 6. The molecule has 0 aromatic heterocycles. The highest BCUT2D eigenvalue weighted by molar-refractivity contribution is 5.85. The predicted molar refractivity (Wildman–Crippen MR) is 122 cm³/mol. The van der Waals surface area contributed by atoms with E-state index in [-0.39, 0.29) is 11.5 Å². The van der Waals surface area contributed by atoms with E-state index in [2.05, 4.69) is 11.7 Å². The fourth-order valence-corrected chi connectivity index (χ4v) is 2.63. The van der Waals surface area contributed by atoms with E-state index in [9.17, 15) is 15.3 Å². The molecule has 3 aromatic rings. The maximum absolute atomic E-state index is 10.1. The van der Waals surface area contributed by atoms with Crippen molar-refractivity contribution in [3.8, 4) is 17.2 Å². The number of nitrogens with zero attached hydrogens (tertiary/aromatic N) is 1. The van der Waals surface area contributed by atoms with E-state index in [1.54, 1.807) is 48.5 Å². The van der Waals surface area contributed by atoms with Crippen molar-refractivity contribution in [2.24, 2.45) is 4.99 Å². The van der Waals surface area contributed by atoms with Gasteiger partial charge in [0.25, 0.3) is 0 Å². The Morgan fingerprint density at radius 1 is 0.968 bits per heavy atom. The van der Waals surface area contributed by atoms with Gasteiger partial charge in [-0.05, 0) is 35.4 Å². The van der Waals surface area contributed by atoms with Gasteiger partial charge in [0, 0.05) is 17.3 Å². The normalized spacial score (nSPS) is 11.7. The number of hydrogen-bond donors (Lipinski definition) is 4. The summed E-state index contributed by atoms with van der Waals surface area (Å²) in [7, 11) is 1.50. The number of aliphatic hydroxyl groups is 1. The zero-order valence-electron chi connectivity index (χ0n) is 17.0. The molecule has 4 N–H and O–H groups in total. The molecular weight excluding hydrogens is 396 g/mol. The monoisotopic (exact) mass is 420 g/mol. The third-order valence-electron chi connectivity index (χ3n) is 4.18. The Morgan fingerprint density at radius 3 is 2.16 bits per heavy atom. The van der Waals surface area contributed by atoms with Gasteiger partial charge in [0.1, 0.15) is 12.5 Å². The maximum atomic E-state index is 10.1. The summed E-state index contributed by atoms with van der Waals surface area (Å²) in [6.45, 7) is 2.68. The molecule has 31 heavy (non-hydrogen) atoms. The molecule has 3 rings (SSSR count). The quantitative estimate of drug-likeness (QED) is 0.212. The minimum atomic E-state index is -0.996. The summed E-state index contributed by atoms with van der Waals surface area (Å²) < 4.78 is 5.11.